The number of nitrogens with one attached hydrogen (secondary N) is 1. The number of hydrogen-bond acceptors (Lipinski definition) is 6. The lowest BCUT2D eigenvalue weighted by atomic mass is 10.2. The molecule has 0 bridgehead atoms. The van der Waals surface area contributed by atoms with Crippen LogP contribution < -0.4 is 5.32 Å². The van der Waals surface area contributed by atoms with Crippen LogP contribution in [0, 0.1) is 0 Å². The van der Waals surface area contributed by atoms with Crippen LogP contribution in [-0.2, 0) is 27.8 Å². The molecule has 0 saturated heterocycles. The van der Waals surface area contributed by atoms with E-state index in [0.717, 1.165) is 14.9 Å². The molecule has 6 nitrogen and oxygen atoms in total. The predicted molar refractivity (Wildman–Crippen MR) is 108 cm³/mol. The molecular formula is C18H19N3O3S3. The van der Waals surface area contributed by atoms with Crippen molar-refractivity contribution in [1.29, 1.82) is 0 Å². The second kappa shape index (κ2) is 8.30. The molecule has 0 aliphatic rings. The molecule has 1 N–H and O–H groups in total. The SMILES string of the molecule is CN(C)S(=O)(=O)c1ccccc1CNC(=O)Cc1csc(-c2ccsc2)n1. The average Bonchev–Trinajstić information content (AvgIpc) is 3.31. The molecule has 3 rings (SSSR count). The van der Waals surface area contributed by atoms with Gasteiger partial charge in [0.2, 0.25) is 15.9 Å². The van der Waals surface area contributed by atoms with E-state index in [1.807, 2.05) is 22.2 Å². The van der Waals surface area contributed by atoms with Gasteiger partial charge in [-0.05, 0) is 23.1 Å². The topological polar surface area (TPSA) is 79.4 Å². The van der Waals surface area contributed by atoms with Crippen molar-refractivity contribution < 1.29 is 13.2 Å². The quantitative estimate of drug-likeness (QED) is 0.636. The Morgan fingerprint density at radius 1 is 1.19 bits per heavy atom. The van der Waals surface area contributed by atoms with Gasteiger partial charge in [0.05, 0.1) is 17.0 Å². The first-order chi connectivity index (χ1) is 12.9. The van der Waals surface area contributed by atoms with E-state index in [9.17, 15) is 13.2 Å². The van der Waals surface area contributed by atoms with E-state index in [1.54, 1.807) is 35.6 Å². The van der Waals surface area contributed by atoms with Gasteiger partial charge in [0, 0.05) is 37.0 Å². The lowest BCUT2D eigenvalue weighted by Crippen LogP contribution is -2.28. The Labute approximate surface area is 166 Å². The molecule has 0 spiro atoms. The number of nitrogens with zero attached hydrogens (tertiary/aromatic N) is 2. The largest absolute Gasteiger partial charge is 0.352 e. The van der Waals surface area contributed by atoms with E-state index in [1.165, 1.54) is 25.4 Å². The summed E-state index contributed by atoms with van der Waals surface area (Å²) >= 11 is 3.11. The maximum atomic E-state index is 12.4. The predicted octanol–water partition coefficient (Wildman–Crippen LogP) is 2.98. The molecule has 2 aromatic heterocycles. The van der Waals surface area contributed by atoms with E-state index >= 15 is 0 Å². The average molecular weight is 422 g/mol. The first-order valence-corrected chi connectivity index (χ1v) is 11.4. The van der Waals surface area contributed by atoms with Crippen LogP contribution in [0.25, 0.3) is 10.6 Å². The summed E-state index contributed by atoms with van der Waals surface area (Å²) in [5.74, 6) is -0.200. The monoisotopic (exact) mass is 421 g/mol. The maximum Gasteiger partial charge on any atom is 0.242 e. The third kappa shape index (κ3) is 4.62. The van der Waals surface area contributed by atoms with Gasteiger partial charge in [0.1, 0.15) is 5.01 Å². The summed E-state index contributed by atoms with van der Waals surface area (Å²) in [6.45, 7) is 0.142. The number of carbonyl (C=O) groups excluding carboxylic acids is 1. The van der Waals surface area contributed by atoms with E-state index in [0.29, 0.717) is 11.3 Å². The second-order valence-corrected chi connectivity index (χ2v) is 9.76. The molecule has 142 valence electrons. The van der Waals surface area contributed by atoms with Crippen molar-refractivity contribution in [2.75, 3.05) is 14.1 Å². The highest BCUT2D eigenvalue weighted by Gasteiger charge is 2.21. The fourth-order valence-corrected chi connectivity index (χ4v) is 5.07. The number of rotatable bonds is 7. The summed E-state index contributed by atoms with van der Waals surface area (Å²) in [6, 6.07) is 8.67. The number of thiazole rings is 1. The van der Waals surface area contributed by atoms with Crippen molar-refractivity contribution in [1.82, 2.24) is 14.6 Å². The maximum absolute atomic E-state index is 12.4. The Bertz CT molecular complexity index is 1030. The number of aromatic nitrogens is 1. The van der Waals surface area contributed by atoms with Crippen molar-refractivity contribution in [2.45, 2.75) is 17.9 Å². The Hall–Kier alpha value is -2.07. The molecule has 0 aliphatic heterocycles. The van der Waals surface area contributed by atoms with Gasteiger partial charge in [-0.25, -0.2) is 17.7 Å². The van der Waals surface area contributed by atoms with Crippen molar-refractivity contribution in [3.8, 4) is 10.6 Å². The number of amides is 1. The van der Waals surface area contributed by atoms with Crippen molar-refractivity contribution in [3.63, 3.8) is 0 Å². The number of carbonyl (C=O) groups is 1. The van der Waals surface area contributed by atoms with Gasteiger partial charge in [0.15, 0.2) is 0 Å². The zero-order valence-corrected chi connectivity index (χ0v) is 17.3. The smallest absolute Gasteiger partial charge is 0.242 e. The van der Waals surface area contributed by atoms with Crippen LogP contribution >= 0.6 is 22.7 Å². The van der Waals surface area contributed by atoms with Gasteiger partial charge in [0.25, 0.3) is 0 Å². The second-order valence-electron chi connectivity index (χ2n) is 6.00. The number of benzene rings is 1. The molecule has 27 heavy (non-hydrogen) atoms. The van der Waals surface area contributed by atoms with Crippen LogP contribution in [0.5, 0.6) is 0 Å². The molecule has 3 aromatic rings. The third-order valence-corrected chi connectivity index (χ3v) is 7.41. The first-order valence-electron chi connectivity index (χ1n) is 8.12. The standard InChI is InChI=1S/C18H19N3O3S3/c1-21(2)27(23,24)16-6-4-3-5-13(16)10-19-17(22)9-15-12-26-18(20-15)14-7-8-25-11-14/h3-8,11-12H,9-10H2,1-2H3,(H,19,22). The Kier molecular flexibility index (Phi) is 6.05. The van der Waals surface area contributed by atoms with E-state index in [4.69, 9.17) is 0 Å². The summed E-state index contributed by atoms with van der Waals surface area (Å²) in [7, 11) is -0.596. The molecule has 0 fully saturated rings. The summed E-state index contributed by atoms with van der Waals surface area (Å²) in [5.41, 5.74) is 2.31. The highest BCUT2D eigenvalue weighted by atomic mass is 32.2. The number of hydrogen-bond donors (Lipinski definition) is 1. The van der Waals surface area contributed by atoms with Gasteiger partial charge in [-0.2, -0.15) is 11.3 Å². The van der Waals surface area contributed by atoms with Crippen molar-refractivity contribution in [3.05, 3.63) is 57.7 Å². The molecule has 0 saturated carbocycles. The van der Waals surface area contributed by atoms with Crippen molar-refractivity contribution in [2.24, 2.45) is 0 Å². The molecule has 0 radical (unpaired) electrons. The zero-order valence-electron chi connectivity index (χ0n) is 14.9. The molecule has 1 amide bonds. The van der Waals surface area contributed by atoms with Crippen LogP contribution in [-0.4, -0.2) is 37.7 Å². The van der Waals surface area contributed by atoms with Gasteiger partial charge in [-0.15, -0.1) is 11.3 Å². The van der Waals surface area contributed by atoms with E-state index in [-0.39, 0.29) is 23.8 Å². The Balaban J connectivity index is 1.65. The van der Waals surface area contributed by atoms with Crippen LogP contribution in [0.3, 0.4) is 0 Å². The lowest BCUT2D eigenvalue weighted by Gasteiger charge is -2.15. The summed E-state index contributed by atoms with van der Waals surface area (Å²) < 4.78 is 26.0. The Morgan fingerprint density at radius 3 is 2.67 bits per heavy atom. The molecule has 1 aromatic carbocycles. The van der Waals surface area contributed by atoms with E-state index in [2.05, 4.69) is 10.3 Å². The van der Waals surface area contributed by atoms with Crippen molar-refractivity contribution >= 4 is 38.6 Å². The minimum absolute atomic E-state index is 0.142. The van der Waals surface area contributed by atoms with Crippen LogP contribution in [0.15, 0.2) is 51.4 Å². The highest BCUT2D eigenvalue weighted by molar-refractivity contribution is 7.89. The molecule has 2 heterocycles. The lowest BCUT2D eigenvalue weighted by molar-refractivity contribution is -0.120. The van der Waals surface area contributed by atoms with Crippen LogP contribution in [0.1, 0.15) is 11.3 Å². The summed E-state index contributed by atoms with van der Waals surface area (Å²) in [5, 5.41) is 9.56. The highest BCUT2D eigenvalue weighted by Crippen LogP contribution is 2.25. The van der Waals surface area contributed by atoms with E-state index < -0.39 is 10.0 Å². The van der Waals surface area contributed by atoms with Gasteiger partial charge in [-0.1, -0.05) is 18.2 Å². The Morgan fingerprint density at radius 2 is 1.96 bits per heavy atom. The van der Waals surface area contributed by atoms with Crippen LogP contribution in [0.2, 0.25) is 0 Å². The zero-order chi connectivity index (χ0) is 19.4. The summed E-state index contributed by atoms with van der Waals surface area (Å²) in [6.07, 6.45) is 0.156. The molecular weight excluding hydrogens is 402 g/mol. The molecule has 9 heteroatoms. The number of thiophene rings is 1. The minimum Gasteiger partial charge on any atom is -0.352 e. The van der Waals surface area contributed by atoms with Gasteiger partial charge >= 0.3 is 0 Å². The molecule has 0 unspecified atom stereocenters. The van der Waals surface area contributed by atoms with Gasteiger partial charge in [-0.3, -0.25) is 4.79 Å². The molecule has 0 atom stereocenters. The normalized spacial score (nSPS) is 11.7. The summed E-state index contributed by atoms with van der Waals surface area (Å²) in [4.78, 5) is 17.0. The molecule has 0 aliphatic carbocycles. The fourth-order valence-electron chi connectivity index (χ4n) is 2.43. The number of sulfonamides is 1. The third-order valence-electron chi connectivity index (χ3n) is 3.87. The van der Waals surface area contributed by atoms with Gasteiger partial charge < -0.3 is 5.32 Å². The minimum atomic E-state index is -3.56. The first kappa shape index (κ1) is 19.7. The fraction of sp³-hybridized carbons (Fsp3) is 0.222. The van der Waals surface area contributed by atoms with Crippen LogP contribution in [0.4, 0.5) is 0 Å².